The largest absolute Gasteiger partial charge is 0.334 e. The lowest BCUT2D eigenvalue weighted by molar-refractivity contribution is -0.116. The quantitative estimate of drug-likeness (QED) is 0.216. The van der Waals surface area contributed by atoms with Crippen LogP contribution in [0.4, 0.5) is 0 Å². The minimum Gasteiger partial charge on any atom is -0.334 e. The Kier molecular flexibility index (Phi) is 15.0. The highest BCUT2D eigenvalue weighted by Gasteiger charge is 2.36. The maximum absolute atomic E-state index is 13.6. The molecule has 0 aromatic carbocycles. The third-order valence-electron chi connectivity index (χ3n) is 15.5. The Morgan fingerprint density at radius 2 is 1.12 bits per heavy atom. The molecule has 0 bridgehead atoms. The van der Waals surface area contributed by atoms with Gasteiger partial charge in [0.15, 0.2) is 11.6 Å². The van der Waals surface area contributed by atoms with Crippen molar-refractivity contribution in [2.24, 2.45) is 11.8 Å². The molecular formula is C55H71N5O4S2. The van der Waals surface area contributed by atoms with Crippen molar-refractivity contribution in [3.8, 4) is 0 Å². The number of carbonyl (C=O) groups is 4. The zero-order chi connectivity index (χ0) is 47.0. The Morgan fingerprint density at radius 1 is 0.652 bits per heavy atom. The van der Waals surface area contributed by atoms with E-state index in [1.807, 2.05) is 66.4 Å². The summed E-state index contributed by atoms with van der Waals surface area (Å²) in [6, 6.07) is 4.32. The van der Waals surface area contributed by atoms with Gasteiger partial charge < -0.3 is 15.1 Å². The Balaban J connectivity index is 0.000000185. The summed E-state index contributed by atoms with van der Waals surface area (Å²) in [5.41, 5.74) is 12.5. The first-order valence-corrected chi connectivity index (χ1v) is 26.2. The SMILES string of the molecule is CC1=CC(C)=C(CN2CCc3sc([C@H](C)C4CCN(Cc5ccnc(C)c5)CC4)c(C)c3C2=O)C(=O)C1.CC1=CC(C)=C(CN2CCc3sc([C@H](C)C4CCNCC4)c(C)c3C2=O)C(=O)C1. The van der Waals surface area contributed by atoms with E-state index in [9.17, 15) is 19.2 Å². The summed E-state index contributed by atoms with van der Waals surface area (Å²) in [4.78, 5) is 68.2. The summed E-state index contributed by atoms with van der Waals surface area (Å²) in [6.07, 6.45) is 13.6. The van der Waals surface area contributed by atoms with E-state index in [-0.39, 0.29) is 23.4 Å². The molecular weight excluding hydrogens is 859 g/mol. The van der Waals surface area contributed by atoms with Crippen molar-refractivity contribution < 1.29 is 19.2 Å². The number of carbonyl (C=O) groups excluding carboxylic acids is 4. The van der Waals surface area contributed by atoms with Gasteiger partial charge in [-0.25, -0.2) is 0 Å². The summed E-state index contributed by atoms with van der Waals surface area (Å²) < 4.78 is 0. The number of amides is 2. The summed E-state index contributed by atoms with van der Waals surface area (Å²) >= 11 is 3.73. The Morgan fingerprint density at radius 3 is 1.58 bits per heavy atom. The molecule has 2 atom stereocenters. The Bertz CT molecular complexity index is 2520. The van der Waals surface area contributed by atoms with Crippen LogP contribution in [0.3, 0.4) is 0 Å². The highest BCUT2D eigenvalue weighted by Crippen LogP contribution is 2.44. The molecule has 2 saturated heterocycles. The standard InChI is InChI=1S/C31H39N3O2S.C24H32N2O2S/c1-19-14-20(2)26(27(35)15-19)18-34-13-9-28-29(31(34)36)23(5)30(37-28)22(4)25-7-11-33(12-8-25)17-24-6-10-32-21(3)16-24;1-14-11-15(2)19(20(27)12-14)13-26-10-7-21-22(24(26)28)17(4)23(29-21)16(3)18-5-8-25-9-6-18/h6,10,14,16,22,25H,7-9,11-13,15,17-18H2,1-5H3;11,16,18,25H,5-10,12-13H2,1-4H3/t22-;16-/m11/s1. The number of thiophene rings is 2. The third kappa shape index (κ3) is 10.2. The monoisotopic (exact) mass is 929 g/mol. The summed E-state index contributed by atoms with van der Waals surface area (Å²) in [7, 11) is 0. The third-order valence-corrected chi connectivity index (χ3v) is 18.6. The molecule has 11 heteroatoms. The fourth-order valence-electron chi connectivity index (χ4n) is 11.6. The highest BCUT2D eigenvalue weighted by atomic mass is 32.1. The molecule has 7 heterocycles. The second-order valence-corrected chi connectivity index (χ2v) is 22.6. The predicted octanol–water partition coefficient (Wildman–Crippen LogP) is 10.4. The van der Waals surface area contributed by atoms with Gasteiger partial charge in [0, 0.05) is 101 Å². The first kappa shape index (κ1) is 48.2. The number of ketones is 2. The lowest BCUT2D eigenvalue weighted by atomic mass is 9.83. The van der Waals surface area contributed by atoms with Crippen LogP contribution < -0.4 is 5.32 Å². The molecule has 66 heavy (non-hydrogen) atoms. The number of allylic oxidation sites excluding steroid dienone is 6. The van der Waals surface area contributed by atoms with Crippen LogP contribution in [0, 0.1) is 32.6 Å². The minimum atomic E-state index is 0.107. The van der Waals surface area contributed by atoms with Crippen LogP contribution in [-0.4, -0.2) is 95.4 Å². The number of Topliss-reactive ketones (excluding diaryl/α,β-unsaturated/α-hetero) is 2. The molecule has 6 aliphatic rings. The first-order chi connectivity index (χ1) is 31.6. The van der Waals surface area contributed by atoms with E-state index < -0.39 is 0 Å². The molecule has 0 unspecified atom stereocenters. The summed E-state index contributed by atoms with van der Waals surface area (Å²) in [6.45, 7) is 26.7. The number of pyridine rings is 1. The van der Waals surface area contributed by atoms with Gasteiger partial charge in [-0.2, -0.15) is 0 Å². The van der Waals surface area contributed by atoms with Crippen LogP contribution in [0.5, 0.6) is 0 Å². The van der Waals surface area contributed by atoms with Crippen LogP contribution >= 0.6 is 22.7 Å². The molecule has 2 aliphatic carbocycles. The molecule has 1 N–H and O–H groups in total. The van der Waals surface area contributed by atoms with E-state index >= 15 is 0 Å². The first-order valence-electron chi connectivity index (χ1n) is 24.6. The van der Waals surface area contributed by atoms with Crippen molar-refractivity contribution in [3.05, 3.63) is 117 Å². The molecule has 0 saturated carbocycles. The van der Waals surface area contributed by atoms with Crippen molar-refractivity contribution in [1.29, 1.82) is 0 Å². The zero-order valence-electron chi connectivity index (χ0n) is 41.0. The van der Waals surface area contributed by atoms with Gasteiger partial charge in [0.2, 0.25) is 0 Å². The second kappa shape index (κ2) is 20.5. The van der Waals surface area contributed by atoms with Crippen molar-refractivity contribution in [1.82, 2.24) is 25.0 Å². The maximum Gasteiger partial charge on any atom is 0.255 e. The molecule has 0 radical (unpaired) electrons. The van der Waals surface area contributed by atoms with Crippen LogP contribution in [0.15, 0.2) is 63.9 Å². The van der Waals surface area contributed by atoms with Gasteiger partial charge in [-0.3, -0.25) is 29.1 Å². The molecule has 352 valence electrons. The number of aromatic nitrogens is 1. The fourth-order valence-corrected chi connectivity index (χ4v) is 14.5. The van der Waals surface area contributed by atoms with E-state index in [1.54, 1.807) is 0 Å². The van der Waals surface area contributed by atoms with Crippen molar-refractivity contribution >= 4 is 46.1 Å². The average Bonchev–Trinajstić information content (AvgIpc) is 3.81. The molecule has 9 rings (SSSR count). The molecule has 2 amide bonds. The number of fused-ring (bicyclic) bond motifs is 2. The van der Waals surface area contributed by atoms with Gasteiger partial charge in [-0.05, 0) is 164 Å². The maximum atomic E-state index is 13.6. The number of hydrogen-bond acceptors (Lipinski definition) is 9. The van der Waals surface area contributed by atoms with Gasteiger partial charge in [0.05, 0.1) is 11.1 Å². The smallest absolute Gasteiger partial charge is 0.255 e. The van der Waals surface area contributed by atoms with Gasteiger partial charge in [0.1, 0.15) is 0 Å². The van der Waals surface area contributed by atoms with Crippen LogP contribution in [0.2, 0.25) is 0 Å². The van der Waals surface area contributed by atoms with Crippen molar-refractivity contribution in [3.63, 3.8) is 0 Å². The van der Waals surface area contributed by atoms with E-state index in [2.05, 4.69) is 74.1 Å². The van der Waals surface area contributed by atoms with Crippen LogP contribution in [0.1, 0.15) is 155 Å². The summed E-state index contributed by atoms with van der Waals surface area (Å²) in [5, 5.41) is 3.45. The number of likely N-dealkylation sites (tertiary alicyclic amines) is 1. The van der Waals surface area contributed by atoms with Crippen LogP contribution in [0.25, 0.3) is 0 Å². The van der Waals surface area contributed by atoms with E-state index in [0.717, 1.165) is 95.8 Å². The number of aryl methyl sites for hydroxylation is 1. The number of piperidine rings is 2. The minimum absolute atomic E-state index is 0.107. The Labute approximate surface area is 401 Å². The van der Waals surface area contributed by atoms with Crippen molar-refractivity contribution in [2.75, 3.05) is 52.4 Å². The molecule has 3 aromatic heterocycles. The number of hydrogen-bond donors (Lipinski definition) is 1. The second-order valence-electron chi connectivity index (χ2n) is 20.3. The lowest BCUT2D eigenvalue weighted by Gasteiger charge is -2.35. The number of rotatable bonds is 10. The number of nitrogens with one attached hydrogen (secondary N) is 1. The normalized spacial score (nSPS) is 21.1. The number of nitrogens with zero attached hydrogens (tertiary/aromatic N) is 4. The summed E-state index contributed by atoms with van der Waals surface area (Å²) in [5.74, 6) is 2.86. The molecule has 9 nitrogen and oxygen atoms in total. The van der Waals surface area contributed by atoms with Crippen molar-refractivity contribution in [2.45, 2.75) is 132 Å². The predicted molar refractivity (Wildman–Crippen MR) is 269 cm³/mol. The van der Waals surface area contributed by atoms with E-state index in [0.29, 0.717) is 62.7 Å². The van der Waals surface area contributed by atoms with Gasteiger partial charge >= 0.3 is 0 Å². The Hall–Kier alpha value is -4.29. The van der Waals surface area contributed by atoms with Gasteiger partial charge in [-0.15, -0.1) is 22.7 Å². The van der Waals surface area contributed by atoms with Crippen LogP contribution in [-0.2, 0) is 29.0 Å². The molecule has 4 aliphatic heterocycles. The fraction of sp³-hybridized carbons (Fsp3) is 0.545. The molecule has 3 aromatic rings. The molecule has 2 fully saturated rings. The van der Waals surface area contributed by atoms with Gasteiger partial charge in [-0.1, -0.05) is 37.1 Å². The highest BCUT2D eigenvalue weighted by molar-refractivity contribution is 7.13. The van der Waals surface area contributed by atoms with Gasteiger partial charge in [0.25, 0.3) is 11.8 Å². The molecule has 0 spiro atoms. The van der Waals surface area contributed by atoms with E-state index in [1.165, 1.54) is 61.9 Å². The zero-order valence-corrected chi connectivity index (χ0v) is 42.6. The topological polar surface area (TPSA) is 103 Å². The van der Waals surface area contributed by atoms with E-state index in [4.69, 9.17) is 0 Å². The lowest BCUT2D eigenvalue weighted by Crippen LogP contribution is -2.40. The average molecular weight is 930 g/mol.